The minimum Gasteiger partial charge on any atom is -0.279 e. The molecular weight excluding hydrogens is 335 g/mol. The molecule has 3 nitrogen and oxygen atoms in total. The van der Waals surface area contributed by atoms with E-state index in [0.29, 0.717) is 5.75 Å². The summed E-state index contributed by atoms with van der Waals surface area (Å²) < 4.78 is 13.4. The Kier molecular flexibility index (Phi) is 3.31. The van der Waals surface area contributed by atoms with Crippen LogP contribution in [0.5, 0.6) is 0 Å². The summed E-state index contributed by atoms with van der Waals surface area (Å²) in [7, 11) is 0. The Hall–Kier alpha value is -2.40. The Bertz CT molecular complexity index is 948. The Balaban J connectivity index is 1.73. The molecule has 0 spiro atoms. The highest BCUT2D eigenvalue weighted by molar-refractivity contribution is 8.15. The predicted octanol–water partition coefficient (Wildman–Crippen LogP) is 4.17. The van der Waals surface area contributed by atoms with Crippen molar-refractivity contribution in [2.24, 2.45) is 4.99 Å². The van der Waals surface area contributed by atoms with Crippen LogP contribution in [0.4, 0.5) is 4.39 Å². The number of thioether (sulfide) groups is 1. The number of fused-ring (bicyclic) bond motifs is 3. The van der Waals surface area contributed by atoms with Crippen LogP contribution in [0.15, 0.2) is 59.1 Å². The number of nitrogens with zero attached hydrogens (tertiary/aromatic N) is 2. The first kappa shape index (κ1) is 14.9. The monoisotopic (exact) mass is 350 g/mol. The molecule has 1 unspecified atom stereocenters. The molecule has 1 aliphatic carbocycles. The van der Waals surface area contributed by atoms with Crippen molar-refractivity contribution in [2.75, 3.05) is 5.75 Å². The van der Waals surface area contributed by atoms with E-state index >= 15 is 0 Å². The van der Waals surface area contributed by atoms with Crippen LogP contribution in [0.1, 0.15) is 29.2 Å². The Morgan fingerprint density at radius 3 is 2.72 bits per heavy atom. The average Bonchev–Trinajstić information content (AvgIpc) is 3.01. The first-order chi connectivity index (χ1) is 12.2. The zero-order chi connectivity index (χ0) is 17.0. The molecule has 3 aliphatic rings. The molecule has 0 aromatic heterocycles. The van der Waals surface area contributed by atoms with Crippen LogP contribution in [0.2, 0.25) is 0 Å². The molecule has 0 radical (unpaired) electrons. The van der Waals surface area contributed by atoms with Gasteiger partial charge in [-0.3, -0.25) is 9.69 Å². The van der Waals surface area contributed by atoms with Gasteiger partial charge in [0.2, 0.25) is 5.91 Å². The fraction of sp³-hybridized carbons (Fsp3) is 0.200. The lowest BCUT2D eigenvalue weighted by atomic mass is 9.82. The van der Waals surface area contributed by atoms with Crippen molar-refractivity contribution in [1.82, 2.24) is 4.90 Å². The van der Waals surface area contributed by atoms with Gasteiger partial charge in [-0.2, -0.15) is 0 Å². The topological polar surface area (TPSA) is 32.7 Å². The molecule has 5 rings (SSSR count). The smallest absolute Gasteiger partial charge is 0.239 e. The lowest BCUT2D eigenvalue weighted by Gasteiger charge is -2.37. The number of hydrogen-bond acceptors (Lipinski definition) is 3. The summed E-state index contributed by atoms with van der Waals surface area (Å²) in [4.78, 5) is 19.1. The van der Waals surface area contributed by atoms with Gasteiger partial charge in [0.15, 0.2) is 5.17 Å². The normalized spacial score (nSPS) is 21.6. The summed E-state index contributed by atoms with van der Waals surface area (Å²) in [6, 6.07) is 14.6. The Labute approximate surface area is 149 Å². The zero-order valence-corrected chi connectivity index (χ0v) is 14.2. The van der Waals surface area contributed by atoms with Crippen LogP contribution >= 0.6 is 11.8 Å². The summed E-state index contributed by atoms with van der Waals surface area (Å²) in [6.45, 7) is 0. The number of rotatable bonds is 1. The van der Waals surface area contributed by atoms with Gasteiger partial charge in [0.05, 0.1) is 17.5 Å². The van der Waals surface area contributed by atoms with Crippen molar-refractivity contribution < 1.29 is 9.18 Å². The third-order valence-corrected chi connectivity index (χ3v) is 5.96. The first-order valence-corrected chi connectivity index (χ1v) is 9.31. The molecule has 5 heteroatoms. The van der Waals surface area contributed by atoms with E-state index in [-0.39, 0.29) is 17.8 Å². The molecule has 0 N–H and O–H groups in total. The number of amidine groups is 1. The van der Waals surface area contributed by atoms with Gasteiger partial charge in [-0.1, -0.05) is 48.2 Å². The molecule has 1 amide bonds. The summed E-state index contributed by atoms with van der Waals surface area (Å²) >= 11 is 1.48. The fourth-order valence-electron chi connectivity index (χ4n) is 3.89. The lowest BCUT2D eigenvalue weighted by molar-refractivity contribution is -0.125. The van der Waals surface area contributed by atoms with Crippen molar-refractivity contribution in [1.29, 1.82) is 0 Å². The largest absolute Gasteiger partial charge is 0.279 e. The molecule has 0 bridgehead atoms. The van der Waals surface area contributed by atoms with E-state index in [2.05, 4.69) is 18.2 Å². The van der Waals surface area contributed by atoms with Crippen LogP contribution in [0.25, 0.3) is 5.70 Å². The highest BCUT2D eigenvalue weighted by Gasteiger charge is 2.42. The maximum Gasteiger partial charge on any atom is 0.239 e. The number of carbonyl (C=O) groups is 1. The fourth-order valence-corrected chi connectivity index (χ4v) is 4.78. The van der Waals surface area contributed by atoms with E-state index in [1.54, 1.807) is 17.0 Å². The highest BCUT2D eigenvalue weighted by Crippen LogP contribution is 2.47. The third-order valence-electron chi connectivity index (χ3n) is 5.02. The summed E-state index contributed by atoms with van der Waals surface area (Å²) in [5.74, 6) is 0.223. The minimum atomic E-state index is -0.265. The lowest BCUT2D eigenvalue weighted by Crippen LogP contribution is -2.38. The number of aliphatic imine (C=N–C) groups is 1. The van der Waals surface area contributed by atoms with Gasteiger partial charge in [-0.05, 0) is 41.7 Å². The minimum absolute atomic E-state index is 0.0727. The van der Waals surface area contributed by atoms with E-state index in [1.165, 1.54) is 29.5 Å². The van der Waals surface area contributed by atoms with Gasteiger partial charge < -0.3 is 0 Å². The van der Waals surface area contributed by atoms with E-state index < -0.39 is 0 Å². The number of hydrogen-bond donors (Lipinski definition) is 0. The van der Waals surface area contributed by atoms with Crippen LogP contribution < -0.4 is 0 Å². The van der Waals surface area contributed by atoms with Crippen molar-refractivity contribution in [2.45, 2.75) is 18.9 Å². The summed E-state index contributed by atoms with van der Waals surface area (Å²) in [5.41, 5.74) is 5.54. The van der Waals surface area contributed by atoms with Gasteiger partial charge in [0, 0.05) is 5.56 Å². The van der Waals surface area contributed by atoms with Crippen LogP contribution in [-0.2, 0) is 11.2 Å². The van der Waals surface area contributed by atoms with Crippen LogP contribution in [-0.4, -0.2) is 21.7 Å². The Morgan fingerprint density at radius 2 is 1.88 bits per heavy atom. The van der Waals surface area contributed by atoms with Gasteiger partial charge in [0.1, 0.15) is 5.82 Å². The molecule has 2 aliphatic heterocycles. The zero-order valence-electron chi connectivity index (χ0n) is 13.4. The number of aryl methyl sites for hydroxylation is 1. The van der Waals surface area contributed by atoms with Crippen molar-refractivity contribution in [3.05, 3.63) is 76.6 Å². The van der Waals surface area contributed by atoms with Gasteiger partial charge in [-0.25, -0.2) is 9.38 Å². The van der Waals surface area contributed by atoms with E-state index in [0.717, 1.165) is 40.4 Å². The molecule has 1 fully saturated rings. The van der Waals surface area contributed by atoms with Gasteiger partial charge >= 0.3 is 0 Å². The number of carbonyl (C=O) groups excluding carboxylic acids is 1. The molecule has 124 valence electrons. The van der Waals surface area contributed by atoms with Crippen molar-refractivity contribution >= 4 is 28.5 Å². The maximum absolute atomic E-state index is 13.4. The average molecular weight is 350 g/mol. The number of benzene rings is 2. The van der Waals surface area contributed by atoms with Crippen molar-refractivity contribution in [3.8, 4) is 0 Å². The second-order valence-electron chi connectivity index (χ2n) is 6.43. The molecule has 1 saturated heterocycles. The quantitative estimate of drug-likeness (QED) is 0.773. The van der Waals surface area contributed by atoms with Crippen LogP contribution in [0.3, 0.4) is 0 Å². The molecule has 2 aromatic rings. The molecular formula is C20H15FN2OS. The predicted molar refractivity (Wildman–Crippen MR) is 97.6 cm³/mol. The second-order valence-corrected chi connectivity index (χ2v) is 7.37. The maximum atomic E-state index is 13.4. The number of halogens is 1. The SMILES string of the molecule is O=C1CSC2=NC3=C(CCc4ccccc43)C(c3ccc(F)cc3)N12. The summed E-state index contributed by atoms with van der Waals surface area (Å²) in [6.07, 6.45) is 1.80. The van der Waals surface area contributed by atoms with E-state index in [1.807, 2.05) is 6.07 Å². The highest BCUT2D eigenvalue weighted by atomic mass is 32.2. The second kappa shape index (κ2) is 5.56. The molecule has 2 aromatic carbocycles. The molecule has 0 saturated carbocycles. The van der Waals surface area contributed by atoms with E-state index in [4.69, 9.17) is 4.99 Å². The standard InChI is InChI=1S/C20H15FN2OS/c21-14-8-5-13(6-9-14)19-16-10-7-12-3-1-2-4-15(12)18(16)22-20-23(19)17(24)11-25-20/h1-6,8-9,19H,7,10-11H2. The third kappa shape index (κ3) is 2.26. The van der Waals surface area contributed by atoms with E-state index in [9.17, 15) is 9.18 Å². The number of amides is 1. The molecule has 25 heavy (non-hydrogen) atoms. The Morgan fingerprint density at radius 1 is 1.08 bits per heavy atom. The van der Waals surface area contributed by atoms with Crippen LogP contribution in [0, 0.1) is 5.82 Å². The van der Waals surface area contributed by atoms with Gasteiger partial charge in [0.25, 0.3) is 0 Å². The molecule has 1 atom stereocenters. The van der Waals surface area contributed by atoms with Gasteiger partial charge in [-0.15, -0.1) is 0 Å². The van der Waals surface area contributed by atoms with Crippen molar-refractivity contribution in [3.63, 3.8) is 0 Å². The first-order valence-electron chi connectivity index (χ1n) is 8.33. The molecule has 2 heterocycles. The summed E-state index contributed by atoms with van der Waals surface area (Å²) in [5, 5.41) is 0.759.